The largest absolute Gasteiger partial charge is 0.354 e. The van der Waals surface area contributed by atoms with Gasteiger partial charge in [-0.05, 0) is 81.6 Å². The maximum atomic E-state index is 14.1. The van der Waals surface area contributed by atoms with Gasteiger partial charge in [-0.3, -0.25) is 13.9 Å². The summed E-state index contributed by atoms with van der Waals surface area (Å²) in [5.41, 5.74) is 3.58. The molecule has 41 heavy (non-hydrogen) atoms. The summed E-state index contributed by atoms with van der Waals surface area (Å²) in [5.74, 6) is -0.929. The molecule has 3 aromatic carbocycles. The van der Waals surface area contributed by atoms with Crippen molar-refractivity contribution in [2.45, 2.75) is 64.9 Å². The lowest BCUT2D eigenvalue weighted by Gasteiger charge is -2.32. The second-order valence-corrected chi connectivity index (χ2v) is 12.8. The SMILES string of the molecule is CCCCNC(=O)[C@H](C)N(Cc1c(Cl)cccc1Cl)C(=O)CN(c1ccc(C)c(C)c1)S(=O)(=O)c1ccc(C)cc1. The van der Waals surface area contributed by atoms with Gasteiger partial charge in [0.2, 0.25) is 11.8 Å². The summed E-state index contributed by atoms with van der Waals surface area (Å²) in [6.07, 6.45) is 1.69. The fourth-order valence-corrected chi connectivity index (χ4v) is 6.14. The van der Waals surface area contributed by atoms with Gasteiger partial charge < -0.3 is 10.2 Å². The van der Waals surface area contributed by atoms with Crippen molar-refractivity contribution in [1.82, 2.24) is 10.2 Å². The van der Waals surface area contributed by atoms with Crippen LogP contribution in [-0.2, 0) is 26.2 Å². The Morgan fingerprint density at radius 3 is 2.15 bits per heavy atom. The zero-order valence-electron chi connectivity index (χ0n) is 24.1. The number of rotatable bonds is 12. The number of nitrogens with zero attached hydrogens (tertiary/aromatic N) is 2. The third-order valence-corrected chi connectivity index (χ3v) is 9.55. The van der Waals surface area contributed by atoms with Gasteiger partial charge in [0, 0.05) is 28.7 Å². The van der Waals surface area contributed by atoms with Crippen LogP contribution in [0.25, 0.3) is 0 Å². The van der Waals surface area contributed by atoms with Gasteiger partial charge in [-0.1, -0.05) is 66.4 Å². The van der Waals surface area contributed by atoms with Crippen molar-refractivity contribution in [3.8, 4) is 0 Å². The van der Waals surface area contributed by atoms with Crippen LogP contribution in [-0.4, -0.2) is 44.3 Å². The maximum absolute atomic E-state index is 14.1. The van der Waals surface area contributed by atoms with Crippen molar-refractivity contribution < 1.29 is 18.0 Å². The summed E-state index contributed by atoms with van der Waals surface area (Å²) in [5, 5.41) is 3.54. The fourth-order valence-electron chi connectivity index (χ4n) is 4.22. The molecule has 0 saturated heterocycles. The molecule has 1 N–H and O–H groups in total. The van der Waals surface area contributed by atoms with Crippen molar-refractivity contribution in [3.63, 3.8) is 0 Å². The van der Waals surface area contributed by atoms with E-state index in [4.69, 9.17) is 23.2 Å². The van der Waals surface area contributed by atoms with Crippen molar-refractivity contribution >= 4 is 50.7 Å². The number of unbranched alkanes of at least 4 members (excludes halogenated alkanes) is 1. The van der Waals surface area contributed by atoms with Crippen LogP contribution in [0.5, 0.6) is 0 Å². The monoisotopic (exact) mass is 617 g/mol. The topological polar surface area (TPSA) is 86.8 Å². The predicted molar refractivity (Wildman–Crippen MR) is 166 cm³/mol. The molecule has 3 aromatic rings. The van der Waals surface area contributed by atoms with Gasteiger partial charge in [0.05, 0.1) is 10.6 Å². The number of anilines is 1. The van der Waals surface area contributed by atoms with E-state index >= 15 is 0 Å². The molecule has 0 unspecified atom stereocenters. The summed E-state index contributed by atoms with van der Waals surface area (Å²) in [6.45, 7) is 9.15. The highest BCUT2D eigenvalue weighted by atomic mass is 35.5. The third-order valence-electron chi connectivity index (χ3n) is 7.05. The maximum Gasteiger partial charge on any atom is 0.264 e. The second-order valence-electron chi connectivity index (χ2n) is 10.1. The zero-order chi connectivity index (χ0) is 30.3. The lowest BCUT2D eigenvalue weighted by Crippen LogP contribution is -2.51. The van der Waals surface area contributed by atoms with Crippen molar-refractivity contribution in [3.05, 3.63) is 93.0 Å². The van der Waals surface area contributed by atoms with Gasteiger partial charge in [-0.15, -0.1) is 0 Å². The number of aryl methyl sites for hydroxylation is 3. The van der Waals surface area contributed by atoms with Gasteiger partial charge in [0.1, 0.15) is 12.6 Å². The Kier molecular flexibility index (Phi) is 11.2. The van der Waals surface area contributed by atoms with Gasteiger partial charge >= 0.3 is 0 Å². The molecule has 10 heteroatoms. The van der Waals surface area contributed by atoms with E-state index in [1.165, 1.54) is 17.0 Å². The molecule has 0 aliphatic heterocycles. The van der Waals surface area contributed by atoms with Crippen molar-refractivity contribution in [2.24, 2.45) is 0 Å². The Morgan fingerprint density at radius 1 is 0.927 bits per heavy atom. The number of hydrogen-bond donors (Lipinski definition) is 1. The molecule has 0 fully saturated rings. The number of sulfonamides is 1. The van der Waals surface area contributed by atoms with E-state index in [1.807, 2.05) is 33.8 Å². The van der Waals surface area contributed by atoms with E-state index < -0.39 is 28.5 Å². The van der Waals surface area contributed by atoms with Crippen LogP contribution < -0.4 is 9.62 Å². The summed E-state index contributed by atoms with van der Waals surface area (Å²) in [6, 6.07) is 15.8. The normalized spacial score (nSPS) is 12.1. The Hall–Kier alpha value is -3.07. The molecular weight excluding hydrogens is 581 g/mol. The number of halogens is 2. The molecule has 0 saturated carbocycles. The molecule has 0 aromatic heterocycles. The molecule has 0 spiro atoms. The molecule has 3 rings (SSSR count). The number of carbonyl (C=O) groups is 2. The van der Waals surface area contributed by atoms with E-state index in [9.17, 15) is 18.0 Å². The van der Waals surface area contributed by atoms with Crippen LogP contribution in [0.3, 0.4) is 0 Å². The minimum absolute atomic E-state index is 0.0557. The van der Waals surface area contributed by atoms with Gasteiger partial charge in [-0.2, -0.15) is 0 Å². The first kappa shape index (κ1) is 32.4. The van der Waals surface area contributed by atoms with E-state index in [2.05, 4.69) is 5.32 Å². The molecule has 2 amide bonds. The first-order valence-electron chi connectivity index (χ1n) is 13.5. The van der Waals surface area contributed by atoms with Crippen molar-refractivity contribution in [2.75, 3.05) is 17.4 Å². The molecule has 0 bridgehead atoms. The van der Waals surface area contributed by atoms with Gasteiger partial charge in [0.25, 0.3) is 10.0 Å². The van der Waals surface area contributed by atoms with E-state index in [0.717, 1.165) is 33.8 Å². The fraction of sp³-hybridized carbons (Fsp3) is 0.355. The summed E-state index contributed by atoms with van der Waals surface area (Å²) in [7, 11) is -4.15. The molecular formula is C31H37Cl2N3O4S. The Bertz CT molecular complexity index is 1470. The molecule has 0 aliphatic rings. The number of nitrogens with one attached hydrogen (secondary N) is 1. The van der Waals surface area contributed by atoms with Crippen molar-refractivity contribution in [1.29, 1.82) is 0 Å². The molecule has 0 radical (unpaired) electrons. The van der Waals surface area contributed by atoms with Crippen LogP contribution in [0.1, 0.15) is 48.9 Å². The Labute approximate surface area is 253 Å². The summed E-state index contributed by atoms with van der Waals surface area (Å²) >= 11 is 12.9. The highest BCUT2D eigenvalue weighted by Gasteiger charge is 2.33. The van der Waals surface area contributed by atoms with Crippen LogP contribution >= 0.6 is 23.2 Å². The Morgan fingerprint density at radius 2 is 1.56 bits per heavy atom. The molecule has 7 nitrogen and oxygen atoms in total. The van der Waals surface area contributed by atoms with E-state index in [1.54, 1.807) is 49.4 Å². The van der Waals surface area contributed by atoms with Gasteiger partial charge in [0.15, 0.2) is 0 Å². The summed E-state index contributed by atoms with van der Waals surface area (Å²) in [4.78, 5) is 28.6. The highest BCUT2D eigenvalue weighted by Crippen LogP contribution is 2.29. The third kappa shape index (κ3) is 8.03. The standard InChI is InChI=1S/C31H37Cl2N3O4S/c1-6-7-17-34-31(38)24(5)35(19-27-28(32)9-8-10-29(27)33)30(37)20-36(25-14-13-22(3)23(4)18-25)41(39,40)26-15-11-21(2)12-16-26/h8-16,18,24H,6-7,17,19-20H2,1-5H3,(H,34,38)/t24-/m0/s1. The van der Waals surface area contributed by atoms with Crippen LogP contribution in [0.2, 0.25) is 10.0 Å². The summed E-state index contributed by atoms with van der Waals surface area (Å²) < 4.78 is 29.0. The average Bonchev–Trinajstić information content (AvgIpc) is 2.93. The first-order chi connectivity index (χ1) is 19.4. The minimum Gasteiger partial charge on any atom is -0.354 e. The second kappa shape index (κ2) is 14.2. The lowest BCUT2D eigenvalue weighted by atomic mass is 10.1. The van der Waals surface area contributed by atoms with Crippen LogP contribution in [0.15, 0.2) is 65.6 Å². The number of benzene rings is 3. The quantitative estimate of drug-likeness (QED) is 0.237. The van der Waals surface area contributed by atoms with Gasteiger partial charge in [-0.25, -0.2) is 8.42 Å². The lowest BCUT2D eigenvalue weighted by molar-refractivity contribution is -0.139. The minimum atomic E-state index is -4.15. The smallest absolute Gasteiger partial charge is 0.264 e. The van der Waals surface area contributed by atoms with E-state index in [-0.39, 0.29) is 17.3 Å². The Balaban J connectivity index is 2.06. The number of amides is 2. The van der Waals surface area contributed by atoms with Crippen LogP contribution in [0.4, 0.5) is 5.69 Å². The predicted octanol–water partition coefficient (Wildman–Crippen LogP) is 6.45. The number of carbonyl (C=O) groups excluding carboxylic acids is 2. The highest BCUT2D eigenvalue weighted by molar-refractivity contribution is 7.92. The van der Waals surface area contributed by atoms with E-state index in [0.29, 0.717) is 27.8 Å². The molecule has 1 atom stereocenters. The molecule has 0 heterocycles. The van der Waals surface area contributed by atoms with Crippen LogP contribution in [0, 0.1) is 20.8 Å². The average molecular weight is 619 g/mol. The first-order valence-corrected chi connectivity index (χ1v) is 15.7. The molecule has 0 aliphatic carbocycles. The number of hydrogen-bond acceptors (Lipinski definition) is 4. The molecule has 220 valence electrons. The zero-order valence-corrected chi connectivity index (χ0v) is 26.4.